The summed E-state index contributed by atoms with van der Waals surface area (Å²) in [6, 6.07) is 13.9. The van der Waals surface area contributed by atoms with Crippen molar-refractivity contribution in [2.45, 2.75) is 6.42 Å². The van der Waals surface area contributed by atoms with E-state index in [0.29, 0.717) is 0 Å². The Bertz CT molecular complexity index is 677. The molecule has 1 amide bonds. The van der Waals surface area contributed by atoms with Crippen molar-refractivity contribution in [3.63, 3.8) is 0 Å². The van der Waals surface area contributed by atoms with Gasteiger partial charge in [0, 0.05) is 37.6 Å². The molecule has 0 aromatic heterocycles. The summed E-state index contributed by atoms with van der Waals surface area (Å²) in [5.41, 5.74) is 2.75. The van der Waals surface area contributed by atoms with Crippen LogP contribution < -0.4 is 10.2 Å². The molecule has 2 aromatic carbocycles. The van der Waals surface area contributed by atoms with E-state index in [1.165, 1.54) is 17.8 Å². The van der Waals surface area contributed by atoms with Crippen LogP contribution in [0.25, 0.3) is 0 Å². The fourth-order valence-electron chi connectivity index (χ4n) is 2.81. The molecule has 24 heavy (non-hydrogen) atoms. The van der Waals surface area contributed by atoms with Crippen molar-refractivity contribution >= 4 is 17.3 Å². The molecule has 1 heterocycles. The van der Waals surface area contributed by atoms with Crippen molar-refractivity contribution < 1.29 is 9.18 Å². The van der Waals surface area contributed by atoms with Crippen molar-refractivity contribution in [1.29, 1.82) is 0 Å². The molecule has 126 valence electrons. The van der Waals surface area contributed by atoms with Crippen LogP contribution in [0.5, 0.6) is 0 Å². The largest absolute Gasteiger partial charge is 0.369 e. The summed E-state index contributed by atoms with van der Waals surface area (Å²) in [5.74, 6) is -0.396. The second kappa shape index (κ2) is 7.45. The molecule has 0 unspecified atom stereocenters. The lowest BCUT2D eigenvalue weighted by Crippen LogP contribution is -2.44. The minimum absolute atomic E-state index is 0.103. The average Bonchev–Trinajstić information content (AvgIpc) is 2.58. The average molecular weight is 327 g/mol. The number of rotatable bonds is 4. The van der Waals surface area contributed by atoms with E-state index in [0.717, 1.165) is 37.4 Å². The third-order valence-corrected chi connectivity index (χ3v) is 4.30. The Labute approximate surface area is 141 Å². The number of carbonyl (C=O) groups is 1. The van der Waals surface area contributed by atoms with Gasteiger partial charge in [-0.3, -0.25) is 4.79 Å². The van der Waals surface area contributed by atoms with Gasteiger partial charge in [-0.15, -0.1) is 0 Å². The molecule has 0 saturated carbocycles. The van der Waals surface area contributed by atoms with Gasteiger partial charge in [-0.1, -0.05) is 12.1 Å². The second-order valence-corrected chi connectivity index (χ2v) is 6.19. The van der Waals surface area contributed by atoms with Crippen LogP contribution >= 0.6 is 0 Å². The van der Waals surface area contributed by atoms with Gasteiger partial charge in [0.05, 0.1) is 6.42 Å². The van der Waals surface area contributed by atoms with Gasteiger partial charge < -0.3 is 15.1 Å². The fourth-order valence-corrected chi connectivity index (χ4v) is 2.81. The van der Waals surface area contributed by atoms with Crippen LogP contribution in [-0.4, -0.2) is 44.0 Å². The molecule has 5 heteroatoms. The van der Waals surface area contributed by atoms with E-state index in [1.807, 2.05) is 24.3 Å². The number of anilines is 2. The number of hydrogen-bond acceptors (Lipinski definition) is 3. The number of halogens is 1. The van der Waals surface area contributed by atoms with Crippen molar-refractivity contribution in [2.75, 3.05) is 43.4 Å². The number of benzene rings is 2. The summed E-state index contributed by atoms with van der Waals surface area (Å²) in [6.07, 6.45) is 0.237. The van der Waals surface area contributed by atoms with E-state index >= 15 is 0 Å². The van der Waals surface area contributed by atoms with E-state index in [4.69, 9.17) is 0 Å². The number of likely N-dealkylation sites (N-methyl/N-ethyl adjacent to an activating group) is 1. The van der Waals surface area contributed by atoms with Crippen molar-refractivity contribution in [2.24, 2.45) is 0 Å². The predicted molar refractivity (Wildman–Crippen MR) is 94.9 cm³/mol. The molecule has 1 saturated heterocycles. The zero-order valence-corrected chi connectivity index (χ0v) is 13.8. The Morgan fingerprint density at radius 2 is 1.62 bits per heavy atom. The first-order chi connectivity index (χ1) is 11.6. The zero-order chi connectivity index (χ0) is 16.9. The molecule has 0 atom stereocenters. The van der Waals surface area contributed by atoms with Gasteiger partial charge in [-0.2, -0.15) is 0 Å². The van der Waals surface area contributed by atoms with Gasteiger partial charge in [-0.25, -0.2) is 4.39 Å². The number of piperazine rings is 1. The molecule has 0 aliphatic carbocycles. The maximum absolute atomic E-state index is 12.9. The van der Waals surface area contributed by atoms with Gasteiger partial charge in [0.1, 0.15) is 5.82 Å². The molecule has 1 aliphatic rings. The highest BCUT2D eigenvalue weighted by molar-refractivity contribution is 5.92. The topological polar surface area (TPSA) is 35.6 Å². The molecule has 1 N–H and O–H groups in total. The quantitative estimate of drug-likeness (QED) is 0.938. The SMILES string of the molecule is CN1CCN(c2ccc(NC(=O)Cc3ccc(F)cc3)cc2)CC1. The first-order valence-corrected chi connectivity index (χ1v) is 8.18. The lowest BCUT2D eigenvalue weighted by Gasteiger charge is -2.34. The van der Waals surface area contributed by atoms with E-state index < -0.39 is 0 Å². The predicted octanol–water partition coefficient (Wildman–Crippen LogP) is 2.76. The van der Waals surface area contributed by atoms with Gasteiger partial charge in [0.2, 0.25) is 5.91 Å². The smallest absolute Gasteiger partial charge is 0.228 e. The lowest BCUT2D eigenvalue weighted by atomic mass is 10.1. The van der Waals surface area contributed by atoms with Crippen molar-refractivity contribution in [3.8, 4) is 0 Å². The van der Waals surface area contributed by atoms with Crippen molar-refractivity contribution in [3.05, 3.63) is 59.9 Å². The van der Waals surface area contributed by atoms with Crippen LogP contribution in [0.15, 0.2) is 48.5 Å². The maximum Gasteiger partial charge on any atom is 0.228 e. The van der Waals surface area contributed by atoms with Crippen LogP contribution in [0.2, 0.25) is 0 Å². The minimum Gasteiger partial charge on any atom is -0.369 e. The highest BCUT2D eigenvalue weighted by Gasteiger charge is 2.14. The first kappa shape index (κ1) is 16.5. The fraction of sp³-hybridized carbons (Fsp3) is 0.316. The molecule has 0 radical (unpaired) electrons. The molecule has 3 rings (SSSR count). The number of nitrogens with zero attached hydrogens (tertiary/aromatic N) is 2. The van der Waals surface area contributed by atoms with E-state index in [2.05, 4.69) is 22.2 Å². The van der Waals surface area contributed by atoms with E-state index in [9.17, 15) is 9.18 Å². The zero-order valence-electron chi connectivity index (χ0n) is 13.8. The molecule has 1 aliphatic heterocycles. The molecular weight excluding hydrogens is 305 g/mol. The molecule has 4 nitrogen and oxygen atoms in total. The first-order valence-electron chi connectivity index (χ1n) is 8.18. The molecule has 0 spiro atoms. The van der Waals surface area contributed by atoms with Gasteiger partial charge in [-0.05, 0) is 49.0 Å². The number of hydrogen-bond donors (Lipinski definition) is 1. The van der Waals surface area contributed by atoms with Crippen LogP contribution in [0.4, 0.5) is 15.8 Å². The Kier molecular flexibility index (Phi) is 5.11. The van der Waals surface area contributed by atoms with Crippen molar-refractivity contribution in [1.82, 2.24) is 4.90 Å². The standard InChI is InChI=1S/C19H22FN3O/c1-22-10-12-23(13-11-22)18-8-6-17(7-9-18)21-19(24)14-15-2-4-16(20)5-3-15/h2-9H,10-14H2,1H3,(H,21,24). The maximum atomic E-state index is 12.9. The van der Waals surface area contributed by atoms with Gasteiger partial charge in [0.15, 0.2) is 0 Å². The third kappa shape index (κ3) is 4.32. The summed E-state index contributed by atoms with van der Waals surface area (Å²) in [7, 11) is 2.14. The Balaban J connectivity index is 1.55. The normalized spacial score (nSPS) is 15.3. The van der Waals surface area contributed by atoms with Gasteiger partial charge in [0.25, 0.3) is 0 Å². The van der Waals surface area contributed by atoms with E-state index in [-0.39, 0.29) is 18.1 Å². The van der Waals surface area contributed by atoms with Gasteiger partial charge >= 0.3 is 0 Å². The molecular formula is C19H22FN3O. The molecule has 0 bridgehead atoms. The van der Waals surface area contributed by atoms with Crippen LogP contribution in [0.3, 0.4) is 0 Å². The Morgan fingerprint density at radius 1 is 1.00 bits per heavy atom. The Morgan fingerprint density at radius 3 is 2.25 bits per heavy atom. The third-order valence-electron chi connectivity index (χ3n) is 4.30. The van der Waals surface area contributed by atoms with Crippen LogP contribution in [-0.2, 0) is 11.2 Å². The molecule has 1 fully saturated rings. The lowest BCUT2D eigenvalue weighted by molar-refractivity contribution is -0.115. The monoisotopic (exact) mass is 327 g/mol. The highest BCUT2D eigenvalue weighted by Crippen LogP contribution is 2.19. The minimum atomic E-state index is -0.293. The van der Waals surface area contributed by atoms with E-state index in [1.54, 1.807) is 12.1 Å². The summed E-state index contributed by atoms with van der Waals surface area (Å²) >= 11 is 0. The Hall–Kier alpha value is -2.40. The highest BCUT2D eigenvalue weighted by atomic mass is 19.1. The number of nitrogens with one attached hydrogen (secondary N) is 1. The molecule has 2 aromatic rings. The number of carbonyl (C=O) groups excluding carboxylic acids is 1. The summed E-state index contributed by atoms with van der Waals surface area (Å²) in [5, 5.41) is 2.88. The summed E-state index contributed by atoms with van der Waals surface area (Å²) in [4.78, 5) is 16.7. The van der Waals surface area contributed by atoms with Crippen LogP contribution in [0.1, 0.15) is 5.56 Å². The number of amides is 1. The summed E-state index contributed by atoms with van der Waals surface area (Å²) in [6.45, 7) is 4.17. The van der Waals surface area contributed by atoms with Crippen LogP contribution in [0, 0.1) is 5.82 Å². The summed E-state index contributed by atoms with van der Waals surface area (Å²) < 4.78 is 12.9. The second-order valence-electron chi connectivity index (χ2n) is 6.19.